The van der Waals surface area contributed by atoms with Gasteiger partial charge in [-0.25, -0.2) is 4.79 Å². The number of carbonyl (C=O) groups excluding carboxylic acids is 1. The monoisotopic (exact) mass is 279 g/mol. The lowest BCUT2D eigenvalue weighted by Gasteiger charge is -2.25. The molecule has 5 nitrogen and oxygen atoms in total. The molecule has 5 heteroatoms. The van der Waals surface area contributed by atoms with Gasteiger partial charge in [0, 0.05) is 5.56 Å². The minimum Gasteiger partial charge on any atom is -0.465 e. The number of rotatable bonds is 2. The Labute approximate surface area is 119 Å². The highest BCUT2D eigenvalue weighted by Gasteiger charge is 2.35. The number of carbonyl (C=O) groups is 1. The summed E-state index contributed by atoms with van der Waals surface area (Å²) in [5, 5.41) is 11.5. The van der Waals surface area contributed by atoms with Crippen LogP contribution in [-0.2, 0) is 10.2 Å². The number of nitro groups is 1. The topological polar surface area (TPSA) is 69.4 Å². The van der Waals surface area contributed by atoms with Crippen molar-refractivity contribution in [2.24, 2.45) is 0 Å². The molecule has 1 aromatic carbocycles. The second-order valence-electron chi connectivity index (χ2n) is 5.97. The van der Waals surface area contributed by atoms with Crippen molar-refractivity contribution in [1.82, 2.24) is 0 Å². The Morgan fingerprint density at radius 1 is 1.10 bits per heavy atom. The fraction of sp³-hybridized carbons (Fsp3) is 0.533. The van der Waals surface area contributed by atoms with Crippen molar-refractivity contribution < 1.29 is 14.5 Å². The quantitative estimate of drug-likeness (QED) is 0.471. The normalized spacial score (nSPS) is 11.3. The van der Waals surface area contributed by atoms with Crippen LogP contribution in [-0.4, -0.2) is 18.0 Å². The lowest BCUT2D eigenvalue weighted by molar-refractivity contribution is -0.386. The molecule has 0 amide bonds. The number of methoxy groups -OCH3 is 1. The Morgan fingerprint density at radius 3 is 1.95 bits per heavy atom. The first-order chi connectivity index (χ1) is 9.03. The predicted octanol–water partition coefficient (Wildman–Crippen LogP) is 3.60. The SMILES string of the molecule is COC(=O)c1c(C)c(C)c(C)c([N+](=O)[O-])c1C(C)(C)C. The van der Waals surface area contributed by atoms with Gasteiger partial charge in [0.05, 0.1) is 23.2 Å². The minimum absolute atomic E-state index is 0.0148. The van der Waals surface area contributed by atoms with Gasteiger partial charge in [0.1, 0.15) is 0 Å². The van der Waals surface area contributed by atoms with Crippen molar-refractivity contribution >= 4 is 11.7 Å². The zero-order valence-corrected chi connectivity index (χ0v) is 13.1. The molecule has 0 spiro atoms. The zero-order chi connectivity index (χ0) is 15.8. The van der Waals surface area contributed by atoms with Crippen molar-refractivity contribution in [3.63, 3.8) is 0 Å². The first-order valence-electron chi connectivity index (χ1n) is 6.41. The molecule has 0 heterocycles. The molecule has 20 heavy (non-hydrogen) atoms. The van der Waals surface area contributed by atoms with E-state index in [-0.39, 0.29) is 5.69 Å². The fourth-order valence-corrected chi connectivity index (χ4v) is 2.46. The molecule has 0 N–H and O–H groups in total. The van der Waals surface area contributed by atoms with Crippen LogP contribution in [0.5, 0.6) is 0 Å². The molecule has 0 atom stereocenters. The van der Waals surface area contributed by atoms with Gasteiger partial charge >= 0.3 is 5.97 Å². The van der Waals surface area contributed by atoms with Crippen LogP contribution < -0.4 is 0 Å². The van der Waals surface area contributed by atoms with Crippen LogP contribution >= 0.6 is 0 Å². The largest absolute Gasteiger partial charge is 0.465 e. The van der Waals surface area contributed by atoms with Crippen molar-refractivity contribution in [3.05, 3.63) is 37.9 Å². The molecular weight excluding hydrogens is 258 g/mol. The molecular formula is C15H21NO4. The Balaban J connectivity index is 4.01. The van der Waals surface area contributed by atoms with E-state index in [1.807, 2.05) is 20.8 Å². The molecule has 1 aromatic rings. The van der Waals surface area contributed by atoms with Crippen molar-refractivity contribution in [2.75, 3.05) is 7.11 Å². The van der Waals surface area contributed by atoms with E-state index in [4.69, 9.17) is 4.74 Å². The molecule has 0 aromatic heterocycles. The van der Waals surface area contributed by atoms with Gasteiger partial charge in [-0.2, -0.15) is 0 Å². The maximum absolute atomic E-state index is 12.1. The number of hydrogen-bond donors (Lipinski definition) is 0. The highest BCUT2D eigenvalue weighted by molar-refractivity contribution is 5.95. The summed E-state index contributed by atoms with van der Waals surface area (Å²) in [6.45, 7) is 10.9. The van der Waals surface area contributed by atoms with Gasteiger partial charge in [-0.3, -0.25) is 10.1 Å². The summed E-state index contributed by atoms with van der Waals surface area (Å²) in [7, 11) is 1.29. The number of benzene rings is 1. The summed E-state index contributed by atoms with van der Waals surface area (Å²) in [5.74, 6) is -0.529. The molecule has 0 aliphatic heterocycles. The standard InChI is InChI=1S/C15H21NO4/c1-8-9(2)11(14(17)20-7)12(15(4,5)6)13(10(8)3)16(18)19/h1-7H3. The molecule has 0 unspecified atom stereocenters. The molecule has 0 aliphatic carbocycles. The lowest BCUT2D eigenvalue weighted by atomic mass is 9.78. The van der Waals surface area contributed by atoms with Crippen molar-refractivity contribution in [2.45, 2.75) is 47.0 Å². The van der Waals surface area contributed by atoms with Crippen LogP contribution in [0.2, 0.25) is 0 Å². The van der Waals surface area contributed by atoms with E-state index in [9.17, 15) is 14.9 Å². The summed E-state index contributed by atoms with van der Waals surface area (Å²) >= 11 is 0. The van der Waals surface area contributed by atoms with E-state index >= 15 is 0 Å². The molecule has 0 saturated carbocycles. The number of esters is 1. The van der Waals surface area contributed by atoms with Gasteiger partial charge in [-0.15, -0.1) is 0 Å². The van der Waals surface area contributed by atoms with E-state index < -0.39 is 16.3 Å². The third-order valence-electron chi connectivity index (χ3n) is 3.66. The highest BCUT2D eigenvalue weighted by Crippen LogP contribution is 2.40. The number of hydrogen-bond acceptors (Lipinski definition) is 4. The average molecular weight is 279 g/mol. The van der Waals surface area contributed by atoms with Crippen LogP contribution in [0.1, 0.15) is 53.4 Å². The van der Waals surface area contributed by atoms with Crippen LogP contribution in [0.25, 0.3) is 0 Å². The molecule has 0 aliphatic rings. The fourth-order valence-electron chi connectivity index (χ4n) is 2.46. The number of nitro benzene ring substituents is 1. The first-order valence-corrected chi connectivity index (χ1v) is 6.41. The van der Waals surface area contributed by atoms with E-state index in [1.165, 1.54) is 7.11 Å². The van der Waals surface area contributed by atoms with E-state index in [0.29, 0.717) is 16.7 Å². The van der Waals surface area contributed by atoms with Crippen LogP contribution in [0.4, 0.5) is 5.69 Å². The summed E-state index contributed by atoms with van der Waals surface area (Å²) < 4.78 is 4.82. The zero-order valence-electron chi connectivity index (χ0n) is 13.1. The number of nitrogens with zero attached hydrogens (tertiary/aromatic N) is 1. The third-order valence-corrected chi connectivity index (χ3v) is 3.66. The van der Waals surface area contributed by atoms with Gasteiger partial charge in [0.25, 0.3) is 5.69 Å². The van der Waals surface area contributed by atoms with Crippen LogP contribution in [0, 0.1) is 30.9 Å². The van der Waals surface area contributed by atoms with E-state index in [1.54, 1.807) is 20.8 Å². The molecule has 1 rings (SSSR count). The maximum Gasteiger partial charge on any atom is 0.338 e. The Bertz CT molecular complexity index is 583. The summed E-state index contributed by atoms with van der Waals surface area (Å²) in [6, 6.07) is 0. The first kappa shape index (κ1) is 16.1. The summed E-state index contributed by atoms with van der Waals surface area (Å²) in [5.41, 5.74) is 2.33. The Morgan fingerprint density at radius 2 is 1.60 bits per heavy atom. The van der Waals surface area contributed by atoms with Gasteiger partial charge in [0.2, 0.25) is 0 Å². The Hall–Kier alpha value is -1.91. The molecule has 0 radical (unpaired) electrons. The molecule has 0 fully saturated rings. The van der Waals surface area contributed by atoms with Gasteiger partial charge in [-0.1, -0.05) is 20.8 Å². The molecule has 0 bridgehead atoms. The van der Waals surface area contributed by atoms with Crippen molar-refractivity contribution in [3.8, 4) is 0 Å². The average Bonchev–Trinajstić information content (AvgIpc) is 2.32. The van der Waals surface area contributed by atoms with Gasteiger partial charge in [0.15, 0.2) is 0 Å². The van der Waals surface area contributed by atoms with Crippen LogP contribution in [0.15, 0.2) is 0 Å². The summed E-state index contributed by atoms with van der Waals surface area (Å²) in [4.78, 5) is 23.2. The molecule has 0 saturated heterocycles. The van der Waals surface area contributed by atoms with E-state index in [0.717, 1.165) is 11.1 Å². The summed E-state index contributed by atoms with van der Waals surface area (Å²) in [6.07, 6.45) is 0. The number of ether oxygens (including phenoxy) is 1. The predicted molar refractivity (Wildman–Crippen MR) is 77.3 cm³/mol. The highest BCUT2D eigenvalue weighted by atomic mass is 16.6. The van der Waals surface area contributed by atoms with Crippen LogP contribution in [0.3, 0.4) is 0 Å². The second kappa shape index (κ2) is 5.23. The van der Waals surface area contributed by atoms with Crippen molar-refractivity contribution in [1.29, 1.82) is 0 Å². The van der Waals surface area contributed by atoms with Gasteiger partial charge < -0.3 is 4.74 Å². The Kier molecular flexibility index (Phi) is 4.22. The lowest BCUT2D eigenvalue weighted by Crippen LogP contribution is -2.22. The second-order valence-corrected chi connectivity index (χ2v) is 5.97. The van der Waals surface area contributed by atoms with Gasteiger partial charge in [-0.05, 0) is 37.3 Å². The smallest absolute Gasteiger partial charge is 0.338 e. The maximum atomic E-state index is 12.1. The van der Waals surface area contributed by atoms with E-state index in [2.05, 4.69) is 0 Å². The molecule has 110 valence electrons. The minimum atomic E-state index is -0.533. The third kappa shape index (κ3) is 2.53.